The highest BCUT2D eigenvalue weighted by Gasteiger charge is 2.03. The molecule has 0 heterocycles. The highest BCUT2D eigenvalue weighted by molar-refractivity contribution is 9.09. The van der Waals surface area contributed by atoms with Crippen LogP contribution in [0.1, 0.15) is 12.8 Å². The summed E-state index contributed by atoms with van der Waals surface area (Å²) >= 11 is 3.14. The molecule has 0 radical (unpaired) electrons. The maximum absolute atomic E-state index is 11.1. The molecule has 0 fully saturated rings. The van der Waals surface area contributed by atoms with E-state index < -0.39 is 0 Å². The Morgan fingerprint density at radius 1 is 1.27 bits per heavy atom. The molecule has 2 amide bonds. The van der Waals surface area contributed by atoms with E-state index in [1.54, 1.807) is 7.11 Å². The third kappa shape index (κ3) is 9.68. The fraction of sp³-hybridized carbons (Fsp3) is 0.778. The van der Waals surface area contributed by atoms with E-state index in [4.69, 9.17) is 4.74 Å². The molecule has 0 spiro atoms. The lowest BCUT2D eigenvalue weighted by atomic mass is 10.4. The number of amides is 2. The Labute approximate surface area is 98.1 Å². The van der Waals surface area contributed by atoms with Crippen molar-refractivity contribution in [1.29, 1.82) is 0 Å². The molecule has 0 atom stereocenters. The Morgan fingerprint density at radius 2 is 2.00 bits per heavy atom. The molecule has 0 aliphatic carbocycles. The summed E-state index contributed by atoms with van der Waals surface area (Å²) in [7, 11) is 1.61. The van der Waals surface area contributed by atoms with Crippen LogP contribution in [-0.4, -0.2) is 44.0 Å². The van der Waals surface area contributed by atoms with Crippen molar-refractivity contribution >= 4 is 27.7 Å². The van der Waals surface area contributed by atoms with Gasteiger partial charge in [-0.2, -0.15) is 0 Å². The molecule has 0 rings (SSSR count). The Kier molecular flexibility index (Phi) is 9.51. The second-order valence-corrected chi connectivity index (χ2v) is 3.71. The molecule has 0 aliphatic rings. The Hall–Kier alpha value is -0.620. The van der Waals surface area contributed by atoms with Crippen LogP contribution in [0.5, 0.6) is 0 Å². The van der Waals surface area contributed by atoms with Gasteiger partial charge < -0.3 is 15.4 Å². The zero-order valence-corrected chi connectivity index (χ0v) is 10.4. The normalized spacial score (nSPS) is 9.73. The van der Waals surface area contributed by atoms with Crippen molar-refractivity contribution in [2.24, 2.45) is 0 Å². The molecule has 15 heavy (non-hydrogen) atoms. The molecule has 0 saturated heterocycles. The van der Waals surface area contributed by atoms with E-state index in [0.717, 1.165) is 6.42 Å². The first kappa shape index (κ1) is 14.4. The fourth-order valence-corrected chi connectivity index (χ4v) is 1.22. The van der Waals surface area contributed by atoms with E-state index >= 15 is 0 Å². The second-order valence-electron chi connectivity index (χ2n) is 2.91. The van der Waals surface area contributed by atoms with Crippen molar-refractivity contribution in [2.45, 2.75) is 12.8 Å². The van der Waals surface area contributed by atoms with Crippen LogP contribution in [0.15, 0.2) is 0 Å². The lowest BCUT2D eigenvalue weighted by Crippen LogP contribution is -2.37. The molecule has 0 aromatic rings. The van der Waals surface area contributed by atoms with Crippen molar-refractivity contribution in [3.05, 3.63) is 0 Å². The average molecular weight is 281 g/mol. The van der Waals surface area contributed by atoms with E-state index in [0.29, 0.717) is 24.9 Å². The summed E-state index contributed by atoms with van der Waals surface area (Å²) in [5.74, 6) is -0.298. The van der Waals surface area contributed by atoms with Gasteiger partial charge in [0.05, 0.1) is 6.54 Å². The van der Waals surface area contributed by atoms with E-state index in [9.17, 15) is 9.59 Å². The summed E-state index contributed by atoms with van der Waals surface area (Å²) in [6, 6.07) is 0. The summed E-state index contributed by atoms with van der Waals surface area (Å²) in [4.78, 5) is 22.1. The van der Waals surface area contributed by atoms with Gasteiger partial charge in [-0.3, -0.25) is 9.59 Å². The molecule has 0 bridgehead atoms. The van der Waals surface area contributed by atoms with Crippen molar-refractivity contribution in [2.75, 3.05) is 32.1 Å². The van der Waals surface area contributed by atoms with Gasteiger partial charge in [0.15, 0.2) is 0 Å². The molecule has 88 valence electrons. The number of rotatable bonds is 8. The molecule has 0 aromatic carbocycles. The van der Waals surface area contributed by atoms with Gasteiger partial charge in [0.2, 0.25) is 11.8 Å². The predicted octanol–water partition coefficient (Wildman–Crippen LogP) is 0.0403. The Morgan fingerprint density at radius 3 is 2.60 bits per heavy atom. The number of carbonyl (C=O) groups excluding carboxylic acids is 2. The van der Waals surface area contributed by atoms with Crippen LogP contribution in [0.25, 0.3) is 0 Å². The third-order valence-electron chi connectivity index (χ3n) is 1.62. The van der Waals surface area contributed by atoms with E-state index in [-0.39, 0.29) is 18.4 Å². The minimum atomic E-state index is -0.172. The smallest absolute Gasteiger partial charge is 0.239 e. The molecule has 0 aliphatic heterocycles. The molecule has 2 N–H and O–H groups in total. The largest absolute Gasteiger partial charge is 0.385 e. The van der Waals surface area contributed by atoms with Crippen LogP contribution in [0.2, 0.25) is 0 Å². The minimum Gasteiger partial charge on any atom is -0.385 e. The maximum atomic E-state index is 11.1. The van der Waals surface area contributed by atoms with Gasteiger partial charge in [0, 0.05) is 32.0 Å². The SMILES string of the molecule is COCCCNC(=O)CNC(=O)CCBr. The number of hydrogen-bond donors (Lipinski definition) is 2. The summed E-state index contributed by atoms with van der Waals surface area (Å²) in [6.45, 7) is 1.23. The first-order valence-electron chi connectivity index (χ1n) is 4.79. The molecule has 5 nitrogen and oxygen atoms in total. The number of ether oxygens (including phenoxy) is 1. The topological polar surface area (TPSA) is 67.4 Å². The quantitative estimate of drug-likeness (QED) is 0.487. The molecular formula is C9H17BrN2O3. The number of methoxy groups -OCH3 is 1. The van der Waals surface area contributed by atoms with Crippen LogP contribution in [0, 0.1) is 0 Å². The second kappa shape index (κ2) is 9.92. The van der Waals surface area contributed by atoms with Crippen LogP contribution in [-0.2, 0) is 14.3 Å². The van der Waals surface area contributed by atoms with Crippen molar-refractivity contribution in [1.82, 2.24) is 10.6 Å². The van der Waals surface area contributed by atoms with Crippen molar-refractivity contribution < 1.29 is 14.3 Å². The first-order valence-corrected chi connectivity index (χ1v) is 5.91. The number of alkyl halides is 1. The average Bonchev–Trinajstić information content (AvgIpc) is 2.22. The summed E-state index contributed by atoms with van der Waals surface area (Å²) in [5, 5.41) is 5.79. The van der Waals surface area contributed by atoms with Crippen molar-refractivity contribution in [3.8, 4) is 0 Å². The van der Waals surface area contributed by atoms with E-state index in [1.165, 1.54) is 0 Å². The lowest BCUT2D eigenvalue weighted by Gasteiger charge is -2.05. The first-order chi connectivity index (χ1) is 7.20. The number of halogens is 1. The highest BCUT2D eigenvalue weighted by atomic mass is 79.9. The summed E-state index contributed by atoms with van der Waals surface area (Å²) in [5.41, 5.74) is 0. The minimum absolute atomic E-state index is 0.0405. The Bertz CT molecular complexity index is 200. The number of carbonyl (C=O) groups is 2. The van der Waals surface area contributed by atoms with E-state index in [1.807, 2.05) is 0 Å². The monoisotopic (exact) mass is 280 g/mol. The van der Waals surface area contributed by atoms with Crippen LogP contribution < -0.4 is 10.6 Å². The van der Waals surface area contributed by atoms with Crippen molar-refractivity contribution in [3.63, 3.8) is 0 Å². The maximum Gasteiger partial charge on any atom is 0.239 e. The van der Waals surface area contributed by atoms with Gasteiger partial charge in [-0.1, -0.05) is 15.9 Å². The predicted molar refractivity (Wildman–Crippen MR) is 60.9 cm³/mol. The van der Waals surface area contributed by atoms with Gasteiger partial charge in [-0.15, -0.1) is 0 Å². The standard InChI is InChI=1S/C9H17BrN2O3/c1-15-6-2-5-11-9(14)7-12-8(13)3-4-10/h2-7H2,1H3,(H,11,14)(H,12,13). The molecule has 6 heteroatoms. The van der Waals surface area contributed by atoms with Gasteiger partial charge >= 0.3 is 0 Å². The van der Waals surface area contributed by atoms with Gasteiger partial charge in [-0.05, 0) is 6.42 Å². The van der Waals surface area contributed by atoms with Crippen LogP contribution in [0.4, 0.5) is 0 Å². The van der Waals surface area contributed by atoms with E-state index in [2.05, 4.69) is 26.6 Å². The van der Waals surface area contributed by atoms with Crippen LogP contribution in [0.3, 0.4) is 0 Å². The summed E-state index contributed by atoms with van der Waals surface area (Å²) < 4.78 is 4.83. The number of nitrogens with one attached hydrogen (secondary N) is 2. The lowest BCUT2D eigenvalue weighted by molar-refractivity contribution is -0.125. The zero-order valence-electron chi connectivity index (χ0n) is 8.85. The molecule has 0 aromatic heterocycles. The Balaban J connectivity index is 3.36. The molecule has 0 unspecified atom stereocenters. The van der Waals surface area contributed by atoms with Crippen LogP contribution >= 0.6 is 15.9 Å². The highest BCUT2D eigenvalue weighted by Crippen LogP contribution is 1.86. The molecular weight excluding hydrogens is 264 g/mol. The van der Waals surface area contributed by atoms with Gasteiger partial charge in [0.1, 0.15) is 0 Å². The fourth-order valence-electron chi connectivity index (χ4n) is 0.860. The van der Waals surface area contributed by atoms with Gasteiger partial charge in [-0.25, -0.2) is 0 Å². The third-order valence-corrected chi connectivity index (χ3v) is 2.01. The zero-order chi connectivity index (χ0) is 11.5. The molecule has 0 saturated carbocycles. The number of hydrogen-bond acceptors (Lipinski definition) is 3. The van der Waals surface area contributed by atoms with Gasteiger partial charge in [0.25, 0.3) is 0 Å². The summed E-state index contributed by atoms with van der Waals surface area (Å²) in [6.07, 6.45) is 1.16.